The molecule has 1 N–H and O–H groups in total. The first kappa shape index (κ1) is 22.4. The van der Waals surface area contributed by atoms with E-state index in [2.05, 4.69) is 15.5 Å². The van der Waals surface area contributed by atoms with Crippen LogP contribution in [0.15, 0.2) is 63.1 Å². The second kappa shape index (κ2) is 9.80. The molecule has 0 radical (unpaired) electrons. The van der Waals surface area contributed by atoms with Crippen molar-refractivity contribution in [2.24, 2.45) is 0 Å². The van der Waals surface area contributed by atoms with Crippen LogP contribution in [0.5, 0.6) is 0 Å². The number of aromatic nitrogens is 2. The maximum Gasteiger partial charge on any atom is 0.277 e. The van der Waals surface area contributed by atoms with Crippen LogP contribution < -0.4 is 5.32 Å². The Morgan fingerprint density at radius 3 is 2.59 bits per heavy atom. The number of benzene rings is 2. The molecule has 0 saturated carbocycles. The molecule has 1 aromatic heterocycles. The van der Waals surface area contributed by atoms with Gasteiger partial charge in [0.1, 0.15) is 5.82 Å². The lowest BCUT2D eigenvalue weighted by molar-refractivity contribution is -0.113. The number of anilines is 1. The number of thioether (sulfide) groups is 1. The van der Waals surface area contributed by atoms with E-state index >= 15 is 0 Å². The molecule has 0 unspecified atom stereocenters. The number of halogens is 1. The molecule has 168 valence electrons. The largest absolute Gasteiger partial charge is 0.411 e. The number of carbonyl (C=O) groups excluding carboxylic acids is 1. The van der Waals surface area contributed by atoms with Gasteiger partial charge in [-0.25, -0.2) is 12.8 Å². The van der Waals surface area contributed by atoms with E-state index in [1.165, 1.54) is 40.7 Å². The fourth-order valence-corrected chi connectivity index (χ4v) is 5.42. The van der Waals surface area contributed by atoms with Gasteiger partial charge in [-0.05, 0) is 55.3 Å². The number of hydrogen-bond donors (Lipinski definition) is 1. The molecular formula is C21H21FN4O4S2. The third kappa shape index (κ3) is 5.34. The first-order valence-corrected chi connectivity index (χ1v) is 12.5. The van der Waals surface area contributed by atoms with Crippen LogP contribution in [0.2, 0.25) is 0 Å². The van der Waals surface area contributed by atoms with Gasteiger partial charge >= 0.3 is 0 Å². The summed E-state index contributed by atoms with van der Waals surface area (Å²) in [6, 6.07) is 11.9. The Labute approximate surface area is 189 Å². The van der Waals surface area contributed by atoms with Gasteiger partial charge in [-0.15, -0.1) is 10.2 Å². The number of sulfonamides is 1. The van der Waals surface area contributed by atoms with Crippen molar-refractivity contribution in [2.75, 3.05) is 24.2 Å². The molecule has 1 aliphatic heterocycles. The highest BCUT2D eigenvalue weighted by Crippen LogP contribution is 2.25. The van der Waals surface area contributed by atoms with E-state index in [0.29, 0.717) is 24.3 Å². The molecule has 1 fully saturated rings. The Balaban J connectivity index is 1.35. The smallest absolute Gasteiger partial charge is 0.277 e. The van der Waals surface area contributed by atoms with Gasteiger partial charge in [0.15, 0.2) is 0 Å². The van der Waals surface area contributed by atoms with Crippen LogP contribution >= 0.6 is 11.8 Å². The maximum absolute atomic E-state index is 13.0. The van der Waals surface area contributed by atoms with Gasteiger partial charge in [-0.2, -0.15) is 4.31 Å². The SMILES string of the molecule is O=C(CSc1nnc(-c2ccc(F)cc2)o1)Nc1cccc(S(=O)(=O)N2CCCCC2)c1. The summed E-state index contributed by atoms with van der Waals surface area (Å²) in [6.45, 7) is 1.03. The molecule has 1 saturated heterocycles. The number of rotatable bonds is 7. The second-order valence-corrected chi connectivity index (χ2v) is 10.1. The number of hydrogen-bond acceptors (Lipinski definition) is 7. The van der Waals surface area contributed by atoms with Crippen molar-refractivity contribution in [2.45, 2.75) is 29.4 Å². The van der Waals surface area contributed by atoms with Crippen LogP contribution in [0, 0.1) is 5.82 Å². The maximum atomic E-state index is 13.0. The van der Waals surface area contributed by atoms with E-state index in [1.54, 1.807) is 12.1 Å². The van der Waals surface area contributed by atoms with Crippen molar-refractivity contribution in [3.05, 3.63) is 54.3 Å². The van der Waals surface area contributed by atoms with E-state index in [1.807, 2.05) is 0 Å². The van der Waals surface area contributed by atoms with Crippen LogP contribution in [-0.4, -0.2) is 47.7 Å². The highest BCUT2D eigenvalue weighted by atomic mass is 32.2. The Kier molecular flexibility index (Phi) is 6.87. The van der Waals surface area contributed by atoms with E-state index in [0.717, 1.165) is 31.0 Å². The predicted octanol–water partition coefficient (Wildman–Crippen LogP) is 3.78. The third-order valence-corrected chi connectivity index (χ3v) is 7.61. The molecule has 11 heteroatoms. The number of nitrogens with one attached hydrogen (secondary N) is 1. The van der Waals surface area contributed by atoms with Crippen LogP contribution in [0.4, 0.5) is 10.1 Å². The molecule has 3 aromatic rings. The lowest BCUT2D eigenvalue weighted by atomic mass is 10.2. The fourth-order valence-electron chi connectivity index (χ4n) is 3.29. The third-order valence-electron chi connectivity index (χ3n) is 4.89. The molecule has 4 rings (SSSR count). The Morgan fingerprint density at radius 2 is 1.84 bits per heavy atom. The van der Waals surface area contributed by atoms with Gasteiger partial charge in [0.2, 0.25) is 21.8 Å². The van der Waals surface area contributed by atoms with E-state index < -0.39 is 10.0 Å². The zero-order valence-electron chi connectivity index (χ0n) is 17.0. The van der Waals surface area contributed by atoms with Gasteiger partial charge in [-0.3, -0.25) is 4.79 Å². The standard InChI is InChI=1S/C21H21FN4O4S2/c22-16-9-7-15(8-10-16)20-24-25-21(30-20)31-14-19(27)23-17-5-4-6-18(13-17)32(28,29)26-11-2-1-3-12-26/h4-10,13H,1-3,11-12,14H2,(H,23,27). The van der Waals surface area contributed by atoms with Crippen molar-refractivity contribution in [3.8, 4) is 11.5 Å². The lowest BCUT2D eigenvalue weighted by Crippen LogP contribution is -2.35. The highest BCUT2D eigenvalue weighted by molar-refractivity contribution is 7.99. The number of piperidine rings is 1. The summed E-state index contributed by atoms with van der Waals surface area (Å²) in [4.78, 5) is 12.5. The van der Waals surface area contributed by atoms with Crippen molar-refractivity contribution >= 4 is 33.4 Å². The van der Waals surface area contributed by atoms with Crippen LogP contribution in [0.1, 0.15) is 19.3 Å². The van der Waals surface area contributed by atoms with Gasteiger partial charge in [0.05, 0.1) is 10.6 Å². The summed E-state index contributed by atoms with van der Waals surface area (Å²) in [7, 11) is -3.58. The number of carbonyl (C=O) groups is 1. The molecule has 0 aliphatic carbocycles. The predicted molar refractivity (Wildman–Crippen MR) is 118 cm³/mol. The zero-order chi connectivity index (χ0) is 22.6. The summed E-state index contributed by atoms with van der Waals surface area (Å²) < 4.78 is 45.7. The summed E-state index contributed by atoms with van der Waals surface area (Å²) in [5, 5.41) is 10.7. The van der Waals surface area contributed by atoms with E-state index in [4.69, 9.17) is 4.42 Å². The highest BCUT2D eigenvalue weighted by Gasteiger charge is 2.26. The second-order valence-electron chi connectivity index (χ2n) is 7.21. The number of amides is 1. The molecule has 0 spiro atoms. The molecule has 0 atom stereocenters. The van der Waals surface area contributed by atoms with Gasteiger partial charge in [0, 0.05) is 24.3 Å². The van der Waals surface area contributed by atoms with Crippen molar-refractivity contribution in [3.63, 3.8) is 0 Å². The fraction of sp³-hybridized carbons (Fsp3) is 0.286. The molecular weight excluding hydrogens is 455 g/mol. The topological polar surface area (TPSA) is 105 Å². The summed E-state index contributed by atoms with van der Waals surface area (Å²) in [5.74, 6) is -0.492. The summed E-state index contributed by atoms with van der Waals surface area (Å²) in [6.07, 6.45) is 2.74. The van der Waals surface area contributed by atoms with Gasteiger partial charge < -0.3 is 9.73 Å². The lowest BCUT2D eigenvalue weighted by Gasteiger charge is -2.26. The summed E-state index contributed by atoms with van der Waals surface area (Å²) in [5.41, 5.74) is 0.966. The van der Waals surface area contributed by atoms with Crippen molar-refractivity contribution in [1.29, 1.82) is 0 Å². The molecule has 0 bridgehead atoms. The van der Waals surface area contributed by atoms with E-state index in [-0.39, 0.29) is 33.5 Å². The molecule has 1 amide bonds. The Bertz CT molecular complexity index is 1190. The Morgan fingerprint density at radius 1 is 1.09 bits per heavy atom. The van der Waals surface area contributed by atoms with Crippen molar-refractivity contribution < 1.29 is 22.0 Å². The minimum absolute atomic E-state index is 0.00580. The Hall–Kier alpha value is -2.76. The normalized spacial score (nSPS) is 14.9. The number of nitrogens with zero attached hydrogens (tertiary/aromatic N) is 3. The molecule has 1 aliphatic rings. The average Bonchev–Trinajstić information content (AvgIpc) is 3.28. The summed E-state index contributed by atoms with van der Waals surface area (Å²) >= 11 is 1.05. The molecule has 2 aromatic carbocycles. The molecule has 2 heterocycles. The zero-order valence-corrected chi connectivity index (χ0v) is 18.7. The average molecular weight is 477 g/mol. The quantitative estimate of drug-likeness (QED) is 0.517. The van der Waals surface area contributed by atoms with E-state index in [9.17, 15) is 17.6 Å². The molecule has 32 heavy (non-hydrogen) atoms. The van der Waals surface area contributed by atoms with Crippen LogP contribution in [0.3, 0.4) is 0 Å². The van der Waals surface area contributed by atoms with Gasteiger partial charge in [-0.1, -0.05) is 24.2 Å². The first-order chi connectivity index (χ1) is 15.4. The first-order valence-electron chi connectivity index (χ1n) is 10.0. The van der Waals surface area contributed by atoms with Crippen LogP contribution in [-0.2, 0) is 14.8 Å². The minimum Gasteiger partial charge on any atom is -0.411 e. The van der Waals surface area contributed by atoms with Gasteiger partial charge in [0.25, 0.3) is 5.22 Å². The molecule has 8 nitrogen and oxygen atoms in total. The van der Waals surface area contributed by atoms with Crippen molar-refractivity contribution in [1.82, 2.24) is 14.5 Å². The van der Waals surface area contributed by atoms with Crippen LogP contribution in [0.25, 0.3) is 11.5 Å². The monoisotopic (exact) mass is 476 g/mol. The minimum atomic E-state index is -3.58.